The van der Waals surface area contributed by atoms with Gasteiger partial charge in [-0.2, -0.15) is 11.3 Å². The lowest BCUT2D eigenvalue weighted by molar-refractivity contribution is 0.0596. The minimum Gasteiger partial charge on any atom is -0.465 e. The molecule has 2 aromatic rings. The second-order valence-corrected chi connectivity index (χ2v) is 6.87. The molecule has 0 aliphatic rings. The van der Waals surface area contributed by atoms with Crippen molar-refractivity contribution >= 4 is 27.3 Å². The molecule has 0 aliphatic heterocycles. The molecule has 1 aromatic heterocycles. The summed E-state index contributed by atoms with van der Waals surface area (Å²) in [6, 6.07) is 5.97. The molecule has 1 aromatic carbocycles. The summed E-state index contributed by atoms with van der Waals surface area (Å²) in [4.78, 5) is 11.6. The van der Waals surface area contributed by atoms with Crippen LogP contribution in [-0.4, -0.2) is 21.5 Å². The number of methoxy groups -OCH3 is 1. The fourth-order valence-corrected chi connectivity index (χ4v) is 3.85. The van der Waals surface area contributed by atoms with E-state index in [0.29, 0.717) is 0 Å². The molecule has 0 bridgehead atoms. The number of benzene rings is 1. The van der Waals surface area contributed by atoms with Crippen LogP contribution in [-0.2, 0) is 21.3 Å². The average Bonchev–Trinajstić information content (AvgIpc) is 2.90. The van der Waals surface area contributed by atoms with E-state index in [4.69, 9.17) is 0 Å². The van der Waals surface area contributed by atoms with E-state index in [0.717, 1.165) is 11.1 Å². The first kappa shape index (κ1) is 15.7. The summed E-state index contributed by atoms with van der Waals surface area (Å²) in [5, 5.41) is 3.84. The number of hydrogen-bond acceptors (Lipinski definition) is 5. The third kappa shape index (κ3) is 3.49. The van der Waals surface area contributed by atoms with E-state index in [1.165, 1.54) is 30.6 Å². The topological polar surface area (TPSA) is 72.5 Å². The van der Waals surface area contributed by atoms with Gasteiger partial charge in [-0.15, -0.1) is 0 Å². The van der Waals surface area contributed by atoms with Crippen molar-refractivity contribution in [1.29, 1.82) is 0 Å². The Hall–Kier alpha value is -1.70. The number of esters is 1. The van der Waals surface area contributed by atoms with Gasteiger partial charge >= 0.3 is 5.97 Å². The third-order valence-corrected chi connectivity index (χ3v) is 5.37. The van der Waals surface area contributed by atoms with Crippen molar-refractivity contribution < 1.29 is 17.9 Å². The molecule has 1 N–H and O–H groups in total. The molecule has 7 heteroatoms. The number of ether oxygens (including phenoxy) is 1. The van der Waals surface area contributed by atoms with Crippen molar-refractivity contribution in [3.05, 3.63) is 51.7 Å². The number of rotatable bonds is 5. The van der Waals surface area contributed by atoms with Crippen LogP contribution in [0, 0.1) is 6.92 Å². The Labute approximate surface area is 127 Å². The molecule has 112 valence electrons. The van der Waals surface area contributed by atoms with Crippen molar-refractivity contribution in [2.24, 2.45) is 0 Å². The van der Waals surface area contributed by atoms with Gasteiger partial charge in [-0.05, 0) is 40.9 Å². The third-order valence-electron chi connectivity index (χ3n) is 3.00. The van der Waals surface area contributed by atoms with Crippen LogP contribution in [0.2, 0.25) is 0 Å². The molecule has 0 saturated heterocycles. The number of nitrogens with one attached hydrogen (secondary N) is 1. The maximum Gasteiger partial charge on any atom is 0.339 e. The summed E-state index contributed by atoms with van der Waals surface area (Å²) in [5.41, 5.74) is 1.97. The Morgan fingerprint density at radius 1 is 1.29 bits per heavy atom. The van der Waals surface area contributed by atoms with Gasteiger partial charge in [0.05, 0.1) is 17.6 Å². The van der Waals surface area contributed by atoms with E-state index < -0.39 is 16.0 Å². The second kappa shape index (κ2) is 6.38. The van der Waals surface area contributed by atoms with Crippen LogP contribution < -0.4 is 4.72 Å². The summed E-state index contributed by atoms with van der Waals surface area (Å²) >= 11 is 1.52. The summed E-state index contributed by atoms with van der Waals surface area (Å²) in [5.74, 6) is -0.678. The molecule has 0 spiro atoms. The summed E-state index contributed by atoms with van der Waals surface area (Å²) in [6.45, 7) is 2.11. The molecule has 1 heterocycles. The lowest BCUT2D eigenvalue weighted by atomic mass is 10.2. The minimum absolute atomic E-state index is 0.0227. The van der Waals surface area contributed by atoms with E-state index in [9.17, 15) is 13.2 Å². The largest absolute Gasteiger partial charge is 0.465 e. The zero-order valence-corrected chi connectivity index (χ0v) is 13.3. The maximum atomic E-state index is 12.4. The molecule has 0 atom stereocenters. The van der Waals surface area contributed by atoms with Gasteiger partial charge in [0.1, 0.15) is 0 Å². The first-order valence-electron chi connectivity index (χ1n) is 6.14. The molecule has 0 fully saturated rings. The summed E-state index contributed by atoms with van der Waals surface area (Å²) < 4.78 is 31.8. The predicted octanol–water partition coefficient (Wildman–Crippen LogP) is 2.32. The number of hydrogen-bond donors (Lipinski definition) is 1. The monoisotopic (exact) mass is 325 g/mol. The number of sulfonamides is 1. The van der Waals surface area contributed by atoms with Gasteiger partial charge in [-0.1, -0.05) is 12.1 Å². The van der Waals surface area contributed by atoms with Crippen molar-refractivity contribution in [2.75, 3.05) is 7.11 Å². The first-order chi connectivity index (χ1) is 9.95. The van der Waals surface area contributed by atoms with E-state index >= 15 is 0 Å². The van der Waals surface area contributed by atoms with Gasteiger partial charge in [0.2, 0.25) is 10.0 Å². The van der Waals surface area contributed by atoms with Gasteiger partial charge in [0, 0.05) is 6.54 Å². The van der Waals surface area contributed by atoms with Crippen LogP contribution in [0.25, 0.3) is 0 Å². The highest BCUT2D eigenvalue weighted by atomic mass is 32.2. The van der Waals surface area contributed by atoms with E-state index in [2.05, 4.69) is 9.46 Å². The van der Waals surface area contributed by atoms with E-state index in [1.807, 2.05) is 17.7 Å². The van der Waals surface area contributed by atoms with Crippen LogP contribution in [0.5, 0.6) is 0 Å². The Balaban J connectivity index is 2.28. The molecule has 0 amide bonds. The fraction of sp³-hybridized carbons (Fsp3) is 0.214. The van der Waals surface area contributed by atoms with Gasteiger partial charge < -0.3 is 4.74 Å². The molecule has 21 heavy (non-hydrogen) atoms. The molecule has 5 nitrogen and oxygen atoms in total. The van der Waals surface area contributed by atoms with Crippen LogP contribution in [0.15, 0.2) is 39.9 Å². The van der Waals surface area contributed by atoms with Crippen LogP contribution in [0.3, 0.4) is 0 Å². The Morgan fingerprint density at radius 3 is 2.62 bits per heavy atom. The Morgan fingerprint density at radius 2 is 2.00 bits per heavy atom. The maximum absolute atomic E-state index is 12.4. The molecule has 0 radical (unpaired) electrons. The Bertz CT molecular complexity index is 750. The summed E-state index contributed by atoms with van der Waals surface area (Å²) in [7, 11) is -2.57. The number of aryl methyl sites for hydroxylation is 1. The molecular formula is C14H15NO4S2. The van der Waals surface area contributed by atoms with Gasteiger partial charge in [-0.25, -0.2) is 17.9 Å². The second-order valence-electron chi connectivity index (χ2n) is 4.39. The lowest BCUT2D eigenvalue weighted by Crippen LogP contribution is -2.25. The highest BCUT2D eigenvalue weighted by Gasteiger charge is 2.22. The summed E-state index contributed by atoms with van der Waals surface area (Å²) in [6.07, 6.45) is 0. The van der Waals surface area contributed by atoms with Crippen LogP contribution in [0.1, 0.15) is 21.5 Å². The van der Waals surface area contributed by atoms with Gasteiger partial charge in [0.25, 0.3) is 0 Å². The molecular weight excluding hydrogens is 310 g/mol. The molecule has 0 unspecified atom stereocenters. The number of thiophene rings is 1. The fourth-order valence-electron chi connectivity index (χ4n) is 1.80. The van der Waals surface area contributed by atoms with Crippen LogP contribution >= 0.6 is 11.3 Å². The van der Waals surface area contributed by atoms with Gasteiger partial charge in [0.15, 0.2) is 0 Å². The van der Waals surface area contributed by atoms with E-state index in [-0.39, 0.29) is 17.0 Å². The number of carbonyl (C=O) groups excluding carboxylic acids is 1. The quantitative estimate of drug-likeness (QED) is 0.856. The molecule has 0 aliphatic carbocycles. The van der Waals surface area contributed by atoms with Gasteiger partial charge in [-0.3, -0.25) is 0 Å². The lowest BCUT2D eigenvalue weighted by Gasteiger charge is -2.10. The molecule has 0 saturated carbocycles. The average molecular weight is 325 g/mol. The van der Waals surface area contributed by atoms with Crippen LogP contribution in [0.4, 0.5) is 0 Å². The first-order valence-corrected chi connectivity index (χ1v) is 8.57. The molecule has 2 rings (SSSR count). The zero-order chi connectivity index (χ0) is 15.5. The van der Waals surface area contributed by atoms with E-state index in [1.54, 1.807) is 12.1 Å². The van der Waals surface area contributed by atoms with Crippen molar-refractivity contribution in [3.8, 4) is 0 Å². The standard InChI is InChI=1S/C14H15NO4S2/c1-10-8-20-9-11(10)7-15-21(17,18)13-6-4-3-5-12(13)14(16)19-2/h3-6,8-9,15H,7H2,1-2H3. The normalized spacial score (nSPS) is 11.3. The SMILES string of the molecule is COC(=O)c1ccccc1S(=O)(=O)NCc1cscc1C. The zero-order valence-electron chi connectivity index (χ0n) is 11.6. The highest BCUT2D eigenvalue weighted by Crippen LogP contribution is 2.18. The van der Waals surface area contributed by atoms with Crippen molar-refractivity contribution in [3.63, 3.8) is 0 Å². The predicted molar refractivity (Wildman–Crippen MR) is 80.9 cm³/mol. The minimum atomic E-state index is -3.79. The number of carbonyl (C=O) groups is 1. The Kier molecular flexibility index (Phi) is 4.76. The highest BCUT2D eigenvalue weighted by molar-refractivity contribution is 7.89. The van der Waals surface area contributed by atoms with Crippen molar-refractivity contribution in [1.82, 2.24) is 4.72 Å². The smallest absolute Gasteiger partial charge is 0.339 e. The van der Waals surface area contributed by atoms with Crippen molar-refractivity contribution in [2.45, 2.75) is 18.4 Å².